The van der Waals surface area contributed by atoms with Crippen LogP contribution >= 0.6 is 0 Å². The Morgan fingerprint density at radius 3 is 1.46 bits per heavy atom. The van der Waals surface area contributed by atoms with E-state index in [1.54, 1.807) is 0 Å². The van der Waals surface area contributed by atoms with Gasteiger partial charge in [-0.2, -0.15) is 0 Å². The summed E-state index contributed by atoms with van der Waals surface area (Å²) in [5.41, 5.74) is 0. The summed E-state index contributed by atoms with van der Waals surface area (Å²) in [5, 5.41) is 1.52. The van der Waals surface area contributed by atoms with Crippen molar-refractivity contribution in [2.24, 2.45) is 5.92 Å². The van der Waals surface area contributed by atoms with Gasteiger partial charge < -0.3 is 0 Å². The Kier molecular flexibility index (Phi) is 4.56. The molecule has 0 aromatic carbocycles. The number of rotatable bonds is 3. The van der Waals surface area contributed by atoms with Crippen molar-refractivity contribution in [3.05, 3.63) is 0 Å². The van der Waals surface area contributed by atoms with Crippen LogP contribution in [0.5, 0.6) is 0 Å². The summed E-state index contributed by atoms with van der Waals surface area (Å²) in [6.07, 6.45) is 0. The van der Waals surface area contributed by atoms with Crippen molar-refractivity contribution >= 4 is 13.3 Å². The van der Waals surface area contributed by atoms with Crippen LogP contribution in [-0.2, 0) is 0 Å². The average molecular weight is 245 g/mol. The fourth-order valence-corrected chi connectivity index (χ4v) is 11.7. The van der Waals surface area contributed by atoms with Gasteiger partial charge in [-0.25, -0.2) is 0 Å². The molecule has 1 heteroatoms. The molecule has 0 N–H and O–H groups in total. The first-order valence-corrected chi connectivity index (χ1v) is 11.5. The predicted molar refractivity (Wildman–Crippen MR) is 66.1 cm³/mol. The molecule has 80 valence electrons. The molecule has 0 aliphatic carbocycles. The molecule has 0 radical (unpaired) electrons. The summed E-state index contributed by atoms with van der Waals surface area (Å²) >= 11 is -1.63. The van der Waals surface area contributed by atoms with Crippen LogP contribution in [0.25, 0.3) is 0 Å². The van der Waals surface area contributed by atoms with Gasteiger partial charge in [-0.1, -0.05) is 0 Å². The molecule has 0 rings (SSSR count). The van der Waals surface area contributed by atoms with Crippen molar-refractivity contribution in [3.63, 3.8) is 0 Å². The SMILES string of the molecule is CC(C)[CH2][Ge@]([CH3])([CH](C)C)[C](C)(C)C. The van der Waals surface area contributed by atoms with Gasteiger partial charge in [-0.05, 0) is 0 Å². The molecule has 0 aromatic heterocycles. The topological polar surface area (TPSA) is 0 Å². The average Bonchev–Trinajstić information content (AvgIpc) is 1.82. The van der Waals surface area contributed by atoms with Crippen LogP contribution in [0.3, 0.4) is 0 Å². The Morgan fingerprint density at radius 1 is 1.00 bits per heavy atom. The van der Waals surface area contributed by atoms with E-state index in [9.17, 15) is 0 Å². The van der Waals surface area contributed by atoms with E-state index >= 15 is 0 Å². The molecular weight excluding hydrogens is 217 g/mol. The molecule has 0 aliphatic rings. The van der Waals surface area contributed by atoms with Gasteiger partial charge in [-0.15, -0.1) is 0 Å². The monoisotopic (exact) mass is 246 g/mol. The number of hydrogen-bond donors (Lipinski definition) is 0. The predicted octanol–water partition coefficient (Wildman–Crippen LogP) is 4.93. The molecule has 0 bridgehead atoms. The van der Waals surface area contributed by atoms with E-state index in [0.29, 0.717) is 4.25 Å². The van der Waals surface area contributed by atoms with Crippen LogP contribution in [0, 0.1) is 5.92 Å². The van der Waals surface area contributed by atoms with Gasteiger partial charge in [-0.3, -0.25) is 0 Å². The summed E-state index contributed by atoms with van der Waals surface area (Å²) in [7, 11) is 0. The normalized spacial score (nSPS) is 18.0. The number of hydrogen-bond acceptors (Lipinski definition) is 0. The molecule has 0 fully saturated rings. The Bertz CT molecular complexity index is 153. The molecule has 0 aromatic rings. The van der Waals surface area contributed by atoms with Gasteiger partial charge in [0.05, 0.1) is 0 Å². The zero-order valence-corrected chi connectivity index (χ0v) is 13.0. The van der Waals surface area contributed by atoms with Gasteiger partial charge >= 0.3 is 87.7 Å². The second-order valence-electron chi connectivity index (χ2n) is 6.42. The molecule has 1 atom stereocenters. The third-order valence-corrected chi connectivity index (χ3v) is 19.8. The summed E-state index contributed by atoms with van der Waals surface area (Å²) in [6, 6.07) is 0. The third-order valence-electron chi connectivity index (χ3n) is 3.82. The zero-order chi connectivity index (χ0) is 10.9. The fraction of sp³-hybridized carbons (Fsp3) is 1.00. The summed E-state index contributed by atoms with van der Waals surface area (Å²) in [6.45, 7) is 17.0. The van der Waals surface area contributed by atoms with Crippen molar-refractivity contribution in [2.75, 3.05) is 0 Å². The summed E-state index contributed by atoms with van der Waals surface area (Å²) < 4.78 is 1.54. The Balaban J connectivity index is 4.74. The second kappa shape index (κ2) is 4.38. The van der Waals surface area contributed by atoms with E-state index in [1.807, 2.05) is 0 Å². The molecule has 0 saturated carbocycles. The maximum absolute atomic E-state index is 2.63. The van der Waals surface area contributed by atoms with Crippen molar-refractivity contribution < 1.29 is 0 Å². The molecule has 0 amide bonds. The maximum atomic E-state index is 2.63. The van der Waals surface area contributed by atoms with Crippen molar-refractivity contribution in [2.45, 2.75) is 68.5 Å². The van der Waals surface area contributed by atoms with E-state index in [0.717, 1.165) is 10.7 Å². The minimum absolute atomic E-state index is 0.596. The Labute approximate surface area is 87.9 Å². The van der Waals surface area contributed by atoms with E-state index in [-0.39, 0.29) is 0 Å². The summed E-state index contributed by atoms with van der Waals surface area (Å²) in [4.78, 5) is 0. The molecule has 0 nitrogen and oxygen atoms in total. The van der Waals surface area contributed by atoms with Gasteiger partial charge in [0, 0.05) is 0 Å². The van der Waals surface area contributed by atoms with Gasteiger partial charge in [0.25, 0.3) is 0 Å². The molecule has 0 unspecified atom stereocenters. The first-order valence-electron chi connectivity index (χ1n) is 5.61. The van der Waals surface area contributed by atoms with Crippen LogP contribution in [0.4, 0.5) is 0 Å². The van der Waals surface area contributed by atoms with Crippen LogP contribution in [-0.4, -0.2) is 13.3 Å². The molecule has 0 heterocycles. The van der Waals surface area contributed by atoms with Crippen molar-refractivity contribution in [1.29, 1.82) is 0 Å². The van der Waals surface area contributed by atoms with Crippen LogP contribution in [0.15, 0.2) is 0 Å². The van der Waals surface area contributed by atoms with Crippen LogP contribution in [0.2, 0.25) is 20.0 Å². The van der Waals surface area contributed by atoms with Crippen molar-refractivity contribution in [1.82, 2.24) is 0 Å². The van der Waals surface area contributed by atoms with Gasteiger partial charge in [0.1, 0.15) is 0 Å². The van der Waals surface area contributed by atoms with Gasteiger partial charge in [0.2, 0.25) is 0 Å². The van der Waals surface area contributed by atoms with E-state index in [1.165, 1.54) is 5.25 Å². The van der Waals surface area contributed by atoms with E-state index < -0.39 is 13.3 Å². The van der Waals surface area contributed by atoms with Gasteiger partial charge in [0.15, 0.2) is 0 Å². The molecule has 0 aliphatic heterocycles. The zero-order valence-electron chi connectivity index (χ0n) is 10.9. The summed E-state index contributed by atoms with van der Waals surface area (Å²) in [5.74, 6) is 3.51. The first-order chi connectivity index (χ1) is 5.61. The second-order valence-corrected chi connectivity index (χ2v) is 18.8. The standard InChI is InChI=1S/C12H28Ge/c1-10(2)9-13(8,11(3)4)12(5,6)7/h10-11H,9H2,1-8H3/t13-/m1/s1. The quantitative estimate of drug-likeness (QED) is 0.618. The minimum atomic E-state index is -1.63. The first kappa shape index (κ1) is 13.5. The third kappa shape index (κ3) is 3.30. The van der Waals surface area contributed by atoms with Crippen molar-refractivity contribution in [3.8, 4) is 0 Å². The van der Waals surface area contributed by atoms with E-state index in [2.05, 4.69) is 54.2 Å². The van der Waals surface area contributed by atoms with E-state index in [4.69, 9.17) is 0 Å². The molecule has 0 saturated heterocycles. The Morgan fingerprint density at radius 2 is 1.38 bits per heavy atom. The molecular formula is C12H28Ge. The molecule has 0 spiro atoms. The fourth-order valence-electron chi connectivity index (χ4n) is 2.26. The molecule has 13 heavy (non-hydrogen) atoms. The Hall–Kier alpha value is 0.543. The van der Waals surface area contributed by atoms with Crippen LogP contribution < -0.4 is 0 Å². The van der Waals surface area contributed by atoms with Crippen LogP contribution in [0.1, 0.15) is 48.5 Å².